The topological polar surface area (TPSA) is 38.5 Å². The second-order valence-corrected chi connectivity index (χ2v) is 5.08. The molecule has 17 heavy (non-hydrogen) atoms. The van der Waals surface area contributed by atoms with Crippen molar-refractivity contribution in [2.24, 2.45) is 5.73 Å². The van der Waals surface area contributed by atoms with E-state index in [-0.39, 0.29) is 0 Å². The maximum Gasteiger partial charge on any atom is 0.0618 e. The third-order valence-corrected chi connectivity index (χ3v) is 3.25. The van der Waals surface area contributed by atoms with Crippen molar-refractivity contribution in [3.05, 3.63) is 0 Å². The smallest absolute Gasteiger partial charge is 0.0618 e. The van der Waals surface area contributed by atoms with E-state index in [9.17, 15) is 0 Å². The number of hydrogen-bond donors (Lipinski definition) is 1. The highest BCUT2D eigenvalue weighted by atomic mass is 16.5. The van der Waals surface area contributed by atoms with Crippen LogP contribution in [-0.2, 0) is 4.74 Å². The van der Waals surface area contributed by atoms with Crippen molar-refractivity contribution in [1.82, 2.24) is 4.90 Å². The van der Waals surface area contributed by atoms with E-state index in [1.165, 1.54) is 25.8 Å². The second kappa shape index (κ2) is 11.0. The monoisotopic (exact) mass is 244 g/mol. The lowest BCUT2D eigenvalue weighted by atomic mass is 10.1. The maximum absolute atomic E-state index is 5.61. The lowest BCUT2D eigenvalue weighted by Crippen LogP contribution is -2.43. The third kappa shape index (κ3) is 7.74. The molecular weight excluding hydrogens is 212 g/mol. The number of nitrogens with two attached hydrogens (primary N) is 1. The number of ether oxygens (including phenoxy) is 1. The number of methoxy groups -OCH3 is 1. The standard InChI is InChI=1S/C14H32N2O/c1-5-6-7-11-16(13(2)3)14(12-17-4)9-8-10-15/h13-14H,5-12,15H2,1-4H3. The summed E-state index contributed by atoms with van der Waals surface area (Å²) < 4.78 is 5.36. The van der Waals surface area contributed by atoms with E-state index in [0.29, 0.717) is 12.1 Å². The molecule has 0 aromatic rings. The van der Waals surface area contributed by atoms with Crippen molar-refractivity contribution in [2.45, 2.75) is 65.0 Å². The van der Waals surface area contributed by atoms with Crippen LogP contribution in [0.4, 0.5) is 0 Å². The number of hydrogen-bond acceptors (Lipinski definition) is 3. The van der Waals surface area contributed by atoms with Crippen LogP contribution in [0.25, 0.3) is 0 Å². The van der Waals surface area contributed by atoms with Crippen molar-refractivity contribution >= 4 is 0 Å². The SMILES string of the molecule is CCCCCN(C(C)C)C(CCCN)COC. The summed E-state index contributed by atoms with van der Waals surface area (Å²) in [5, 5.41) is 0. The molecule has 0 aliphatic heterocycles. The first-order valence-electron chi connectivity index (χ1n) is 7.12. The minimum atomic E-state index is 0.528. The molecule has 0 aliphatic carbocycles. The molecule has 0 aromatic heterocycles. The van der Waals surface area contributed by atoms with Gasteiger partial charge in [-0.15, -0.1) is 0 Å². The minimum absolute atomic E-state index is 0.528. The Kier molecular flexibility index (Phi) is 10.9. The highest BCUT2D eigenvalue weighted by Crippen LogP contribution is 2.13. The predicted octanol–water partition coefficient (Wildman–Crippen LogP) is 2.64. The molecule has 0 aliphatic rings. The Bertz CT molecular complexity index is 162. The van der Waals surface area contributed by atoms with Crippen LogP contribution in [0.15, 0.2) is 0 Å². The average Bonchev–Trinajstić information content (AvgIpc) is 2.30. The zero-order valence-corrected chi connectivity index (χ0v) is 12.2. The van der Waals surface area contributed by atoms with Crippen molar-refractivity contribution in [3.63, 3.8) is 0 Å². The summed E-state index contributed by atoms with van der Waals surface area (Å²) >= 11 is 0. The first-order chi connectivity index (χ1) is 8.17. The van der Waals surface area contributed by atoms with Gasteiger partial charge < -0.3 is 10.5 Å². The van der Waals surface area contributed by atoms with Gasteiger partial charge >= 0.3 is 0 Å². The van der Waals surface area contributed by atoms with Crippen molar-refractivity contribution < 1.29 is 4.74 Å². The molecule has 3 heteroatoms. The van der Waals surface area contributed by atoms with Gasteiger partial charge in [0.1, 0.15) is 0 Å². The highest BCUT2D eigenvalue weighted by Gasteiger charge is 2.20. The number of rotatable bonds is 11. The molecule has 0 saturated heterocycles. The zero-order valence-electron chi connectivity index (χ0n) is 12.2. The van der Waals surface area contributed by atoms with Gasteiger partial charge in [-0.1, -0.05) is 19.8 Å². The molecule has 0 heterocycles. The molecule has 2 N–H and O–H groups in total. The lowest BCUT2D eigenvalue weighted by molar-refractivity contribution is 0.0630. The quantitative estimate of drug-likeness (QED) is 0.568. The van der Waals surface area contributed by atoms with Crippen LogP contribution < -0.4 is 5.73 Å². The van der Waals surface area contributed by atoms with Crippen LogP contribution in [0.1, 0.15) is 52.9 Å². The summed E-state index contributed by atoms with van der Waals surface area (Å²) in [7, 11) is 1.79. The summed E-state index contributed by atoms with van der Waals surface area (Å²) in [6.07, 6.45) is 6.13. The van der Waals surface area contributed by atoms with Gasteiger partial charge in [0.15, 0.2) is 0 Å². The fourth-order valence-corrected chi connectivity index (χ4v) is 2.30. The molecule has 104 valence electrons. The van der Waals surface area contributed by atoms with E-state index < -0.39 is 0 Å². The third-order valence-electron chi connectivity index (χ3n) is 3.25. The van der Waals surface area contributed by atoms with Gasteiger partial charge in [-0.05, 0) is 46.2 Å². The molecule has 1 unspecified atom stereocenters. The fraction of sp³-hybridized carbons (Fsp3) is 1.00. The molecule has 0 radical (unpaired) electrons. The molecule has 0 fully saturated rings. The average molecular weight is 244 g/mol. The summed E-state index contributed by atoms with van der Waals surface area (Å²) in [5.41, 5.74) is 5.61. The van der Waals surface area contributed by atoms with Crippen molar-refractivity contribution in [2.75, 3.05) is 26.8 Å². The van der Waals surface area contributed by atoms with Crippen LogP contribution in [-0.4, -0.2) is 43.8 Å². The molecule has 0 aromatic carbocycles. The Morgan fingerprint density at radius 1 is 1.18 bits per heavy atom. The molecule has 1 atom stereocenters. The molecular formula is C14H32N2O. The highest BCUT2D eigenvalue weighted by molar-refractivity contribution is 4.75. The van der Waals surface area contributed by atoms with Gasteiger partial charge in [-0.2, -0.15) is 0 Å². The van der Waals surface area contributed by atoms with E-state index in [1.54, 1.807) is 7.11 Å². The molecule has 0 bridgehead atoms. The van der Waals surface area contributed by atoms with Crippen molar-refractivity contribution in [1.29, 1.82) is 0 Å². The fourth-order valence-electron chi connectivity index (χ4n) is 2.30. The van der Waals surface area contributed by atoms with Gasteiger partial charge in [0.05, 0.1) is 6.61 Å². The Hall–Kier alpha value is -0.120. The Morgan fingerprint density at radius 3 is 2.35 bits per heavy atom. The van der Waals surface area contributed by atoms with Crippen LogP contribution in [0.3, 0.4) is 0 Å². The van der Waals surface area contributed by atoms with Crippen LogP contribution in [0.2, 0.25) is 0 Å². The van der Waals surface area contributed by atoms with Crippen LogP contribution >= 0.6 is 0 Å². The van der Waals surface area contributed by atoms with E-state index in [0.717, 1.165) is 26.0 Å². The largest absolute Gasteiger partial charge is 0.383 e. The Morgan fingerprint density at radius 2 is 1.88 bits per heavy atom. The Balaban J connectivity index is 4.25. The van der Waals surface area contributed by atoms with Gasteiger partial charge in [0.2, 0.25) is 0 Å². The number of nitrogens with zero attached hydrogens (tertiary/aromatic N) is 1. The van der Waals surface area contributed by atoms with Crippen LogP contribution in [0, 0.1) is 0 Å². The summed E-state index contributed by atoms with van der Waals surface area (Å²) in [4.78, 5) is 2.58. The van der Waals surface area contributed by atoms with E-state index in [1.807, 2.05) is 0 Å². The predicted molar refractivity (Wildman–Crippen MR) is 75.3 cm³/mol. The molecule has 0 rings (SSSR count). The summed E-state index contributed by atoms with van der Waals surface area (Å²) in [6, 6.07) is 1.12. The van der Waals surface area contributed by atoms with E-state index in [2.05, 4.69) is 25.7 Å². The summed E-state index contributed by atoms with van der Waals surface area (Å²) in [5.74, 6) is 0. The Labute approximate surface area is 108 Å². The lowest BCUT2D eigenvalue weighted by Gasteiger charge is -2.34. The van der Waals surface area contributed by atoms with Crippen LogP contribution in [0.5, 0.6) is 0 Å². The zero-order chi connectivity index (χ0) is 13.1. The van der Waals surface area contributed by atoms with E-state index in [4.69, 9.17) is 10.5 Å². The van der Waals surface area contributed by atoms with Gasteiger partial charge in [0.25, 0.3) is 0 Å². The van der Waals surface area contributed by atoms with Gasteiger partial charge in [-0.25, -0.2) is 0 Å². The molecule has 0 spiro atoms. The van der Waals surface area contributed by atoms with E-state index >= 15 is 0 Å². The molecule has 3 nitrogen and oxygen atoms in total. The normalized spacial score (nSPS) is 13.6. The first-order valence-corrected chi connectivity index (χ1v) is 7.12. The van der Waals surface area contributed by atoms with Crippen molar-refractivity contribution in [3.8, 4) is 0 Å². The second-order valence-electron chi connectivity index (χ2n) is 5.08. The maximum atomic E-state index is 5.61. The molecule has 0 saturated carbocycles. The summed E-state index contributed by atoms with van der Waals surface area (Å²) in [6.45, 7) is 9.59. The first kappa shape index (κ1) is 16.9. The van der Waals surface area contributed by atoms with Gasteiger partial charge in [-0.3, -0.25) is 4.90 Å². The number of unbranched alkanes of at least 4 members (excludes halogenated alkanes) is 2. The minimum Gasteiger partial charge on any atom is -0.383 e. The van der Waals surface area contributed by atoms with Gasteiger partial charge in [0, 0.05) is 19.2 Å². The molecule has 0 amide bonds.